The van der Waals surface area contributed by atoms with Crippen LogP contribution < -0.4 is 28.5 Å². The highest BCUT2D eigenvalue weighted by Crippen LogP contribution is 2.19. The van der Waals surface area contributed by atoms with E-state index in [0.29, 0.717) is 6.04 Å². The summed E-state index contributed by atoms with van der Waals surface area (Å²) < 4.78 is 2.22. The maximum Gasteiger partial charge on any atom is 0.197 e. The first-order chi connectivity index (χ1) is 8.33. The van der Waals surface area contributed by atoms with Gasteiger partial charge in [-0.15, -0.1) is 0 Å². The van der Waals surface area contributed by atoms with Crippen LogP contribution in [0.25, 0.3) is 0 Å². The summed E-state index contributed by atoms with van der Waals surface area (Å²) in [5.41, 5.74) is 1.46. The number of rotatable bonds is 7. The molecule has 1 nitrogen and oxygen atoms in total. The standard InChI is InChI=1S/C16H24N.HI/c1-4-7-9-12-15(5-2)16(6-3)17-13-10-8-11-14-17;/h5-6,8,10-11,13-14,16H,3-4,7,9,12H2,1-2H3;1H/q+1;/p-1. The second kappa shape index (κ2) is 10.3. The molecular weight excluding hydrogens is 333 g/mol. The van der Waals surface area contributed by atoms with Crippen LogP contribution in [0.5, 0.6) is 0 Å². The summed E-state index contributed by atoms with van der Waals surface area (Å²) in [5, 5.41) is 0. The van der Waals surface area contributed by atoms with Crippen molar-refractivity contribution < 1.29 is 28.5 Å². The Morgan fingerprint density at radius 1 is 1.22 bits per heavy atom. The summed E-state index contributed by atoms with van der Waals surface area (Å²) in [4.78, 5) is 0. The van der Waals surface area contributed by atoms with Crippen LogP contribution in [0.2, 0.25) is 0 Å². The highest BCUT2D eigenvalue weighted by molar-refractivity contribution is 5.10. The lowest BCUT2D eigenvalue weighted by molar-refractivity contribution is -0.704. The minimum absolute atomic E-state index is 0. The van der Waals surface area contributed by atoms with E-state index in [1.165, 1.54) is 31.3 Å². The highest BCUT2D eigenvalue weighted by Gasteiger charge is 2.17. The molecule has 1 heterocycles. The third kappa shape index (κ3) is 5.34. The smallest absolute Gasteiger partial charge is 0.197 e. The number of pyridine rings is 1. The van der Waals surface area contributed by atoms with E-state index in [-0.39, 0.29) is 24.0 Å². The first-order valence-corrected chi connectivity index (χ1v) is 6.56. The van der Waals surface area contributed by atoms with Gasteiger partial charge < -0.3 is 24.0 Å². The molecule has 1 unspecified atom stereocenters. The van der Waals surface area contributed by atoms with Crippen LogP contribution in [0.3, 0.4) is 0 Å². The van der Waals surface area contributed by atoms with E-state index in [4.69, 9.17) is 0 Å². The van der Waals surface area contributed by atoms with Gasteiger partial charge in [-0.3, -0.25) is 0 Å². The molecule has 0 radical (unpaired) electrons. The maximum atomic E-state index is 3.97. The molecule has 0 aromatic carbocycles. The van der Waals surface area contributed by atoms with Crippen LogP contribution in [0.4, 0.5) is 0 Å². The molecular formula is C16H24IN. The molecule has 0 aliphatic heterocycles. The normalized spacial score (nSPS) is 12.7. The Kier molecular flexibility index (Phi) is 9.93. The minimum atomic E-state index is 0. The van der Waals surface area contributed by atoms with Crippen molar-refractivity contribution in [3.8, 4) is 0 Å². The summed E-state index contributed by atoms with van der Waals surface area (Å²) in [6, 6.07) is 6.48. The van der Waals surface area contributed by atoms with Gasteiger partial charge in [-0.05, 0) is 31.4 Å². The zero-order valence-corrected chi connectivity index (χ0v) is 13.6. The SMILES string of the molecule is C=CC(C(=CC)CCCCC)[n+]1ccccc1.[I-]. The van der Waals surface area contributed by atoms with E-state index in [1.54, 1.807) is 0 Å². The van der Waals surface area contributed by atoms with Gasteiger partial charge in [0.05, 0.1) is 0 Å². The van der Waals surface area contributed by atoms with Gasteiger partial charge in [-0.1, -0.05) is 38.5 Å². The van der Waals surface area contributed by atoms with Gasteiger partial charge in [0.15, 0.2) is 18.4 Å². The third-order valence-electron chi connectivity index (χ3n) is 3.10. The Labute approximate surface area is 129 Å². The van der Waals surface area contributed by atoms with Crippen molar-refractivity contribution >= 4 is 0 Å². The molecule has 1 rings (SSSR count). The second-order valence-electron chi connectivity index (χ2n) is 4.32. The Morgan fingerprint density at radius 2 is 1.89 bits per heavy atom. The predicted octanol–water partition coefficient (Wildman–Crippen LogP) is 1.23. The molecule has 0 saturated carbocycles. The quantitative estimate of drug-likeness (QED) is 0.299. The molecule has 1 aromatic rings. The van der Waals surface area contributed by atoms with E-state index in [2.05, 4.69) is 55.6 Å². The molecule has 2 heteroatoms. The Balaban J connectivity index is 0.00000289. The molecule has 0 aliphatic rings. The van der Waals surface area contributed by atoms with Crippen LogP contribution in [-0.4, -0.2) is 0 Å². The van der Waals surface area contributed by atoms with Gasteiger partial charge in [0.2, 0.25) is 0 Å². The molecule has 0 aliphatic carbocycles. The van der Waals surface area contributed by atoms with Crippen molar-refractivity contribution in [2.24, 2.45) is 0 Å². The van der Waals surface area contributed by atoms with Crippen molar-refractivity contribution in [3.63, 3.8) is 0 Å². The number of hydrogen-bond acceptors (Lipinski definition) is 0. The van der Waals surface area contributed by atoms with Crippen LogP contribution in [0.1, 0.15) is 45.6 Å². The van der Waals surface area contributed by atoms with E-state index >= 15 is 0 Å². The summed E-state index contributed by atoms with van der Waals surface area (Å²) >= 11 is 0. The predicted molar refractivity (Wildman–Crippen MR) is 73.8 cm³/mol. The summed E-state index contributed by atoms with van der Waals surface area (Å²) in [6.07, 6.45) is 13.5. The van der Waals surface area contributed by atoms with E-state index < -0.39 is 0 Å². The monoisotopic (exact) mass is 357 g/mol. The van der Waals surface area contributed by atoms with Gasteiger partial charge >= 0.3 is 0 Å². The highest BCUT2D eigenvalue weighted by atomic mass is 127. The molecule has 0 amide bonds. The molecule has 0 spiro atoms. The molecule has 100 valence electrons. The average molecular weight is 357 g/mol. The van der Waals surface area contributed by atoms with Crippen molar-refractivity contribution in [2.45, 2.75) is 45.6 Å². The lowest BCUT2D eigenvalue weighted by atomic mass is 9.99. The maximum absolute atomic E-state index is 3.97. The average Bonchev–Trinajstić information content (AvgIpc) is 2.39. The Morgan fingerprint density at radius 3 is 2.39 bits per heavy atom. The van der Waals surface area contributed by atoms with Crippen molar-refractivity contribution in [3.05, 3.63) is 54.9 Å². The zero-order chi connectivity index (χ0) is 12.5. The van der Waals surface area contributed by atoms with E-state index in [9.17, 15) is 0 Å². The first kappa shape index (κ1) is 17.4. The van der Waals surface area contributed by atoms with Gasteiger partial charge in [0, 0.05) is 12.1 Å². The summed E-state index contributed by atoms with van der Waals surface area (Å²) in [5.74, 6) is 0. The second-order valence-corrected chi connectivity index (χ2v) is 4.32. The molecule has 0 saturated heterocycles. The van der Waals surface area contributed by atoms with Crippen LogP contribution in [0, 0.1) is 0 Å². The van der Waals surface area contributed by atoms with Gasteiger partial charge in [0.1, 0.15) is 0 Å². The number of allylic oxidation sites excluding steroid dienone is 3. The molecule has 0 N–H and O–H groups in total. The number of aromatic nitrogens is 1. The van der Waals surface area contributed by atoms with Crippen LogP contribution in [-0.2, 0) is 0 Å². The van der Waals surface area contributed by atoms with Crippen molar-refractivity contribution in [2.75, 3.05) is 0 Å². The Hall–Kier alpha value is -0.640. The summed E-state index contributed by atoms with van der Waals surface area (Å²) in [6.45, 7) is 8.34. The number of unbranched alkanes of at least 4 members (excludes halogenated alkanes) is 2. The topological polar surface area (TPSA) is 3.88 Å². The van der Waals surface area contributed by atoms with Crippen LogP contribution >= 0.6 is 0 Å². The zero-order valence-electron chi connectivity index (χ0n) is 11.5. The molecule has 0 bridgehead atoms. The molecule has 18 heavy (non-hydrogen) atoms. The summed E-state index contributed by atoms with van der Waals surface area (Å²) in [7, 11) is 0. The largest absolute Gasteiger partial charge is 1.00 e. The lowest BCUT2D eigenvalue weighted by Gasteiger charge is -2.12. The van der Waals surface area contributed by atoms with Crippen LogP contribution in [0.15, 0.2) is 54.9 Å². The fourth-order valence-electron chi connectivity index (χ4n) is 2.10. The lowest BCUT2D eigenvalue weighted by Crippen LogP contribution is -3.00. The van der Waals surface area contributed by atoms with Gasteiger partial charge in [-0.25, -0.2) is 0 Å². The van der Waals surface area contributed by atoms with Gasteiger partial charge in [-0.2, -0.15) is 4.57 Å². The van der Waals surface area contributed by atoms with Crippen molar-refractivity contribution in [1.82, 2.24) is 0 Å². The number of hydrogen-bond donors (Lipinski definition) is 0. The van der Waals surface area contributed by atoms with E-state index in [0.717, 1.165) is 0 Å². The Bertz CT molecular complexity index is 357. The molecule has 1 aromatic heterocycles. The molecule has 0 fully saturated rings. The first-order valence-electron chi connectivity index (χ1n) is 6.56. The third-order valence-corrected chi connectivity index (χ3v) is 3.10. The fourth-order valence-corrected chi connectivity index (χ4v) is 2.10. The number of halogens is 1. The number of nitrogens with zero attached hydrogens (tertiary/aromatic N) is 1. The van der Waals surface area contributed by atoms with E-state index in [1.807, 2.05) is 12.1 Å². The van der Waals surface area contributed by atoms with Gasteiger partial charge in [0.25, 0.3) is 0 Å². The van der Waals surface area contributed by atoms with Crippen molar-refractivity contribution in [1.29, 1.82) is 0 Å². The minimum Gasteiger partial charge on any atom is -1.00 e. The fraction of sp³-hybridized carbons (Fsp3) is 0.438. The molecule has 1 atom stereocenters.